The predicted molar refractivity (Wildman–Crippen MR) is 59.8 cm³/mol. The van der Waals surface area contributed by atoms with Crippen molar-refractivity contribution in [1.82, 2.24) is 20.2 Å². The normalized spacial score (nSPS) is 34.1. The van der Waals surface area contributed by atoms with Crippen molar-refractivity contribution in [1.29, 1.82) is 0 Å². The summed E-state index contributed by atoms with van der Waals surface area (Å²) in [7, 11) is 1.89. The molecule has 1 saturated carbocycles. The highest BCUT2D eigenvalue weighted by Crippen LogP contribution is 2.36. The summed E-state index contributed by atoms with van der Waals surface area (Å²) in [5.74, 6) is 2.42. The minimum absolute atomic E-state index is 0.402. The summed E-state index contributed by atoms with van der Waals surface area (Å²) in [6.07, 6.45) is 3.59. The lowest BCUT2D eigenvalue weighted by molar-refractivity contribution is 0.271. The summed E-state index contributed by atoms with van der Waals surface area (Å²) in [6.45, 7) is 2.15. The number of hydrogen-bond acceptors (Lipinski definition) is 5. The Bertz CT molecular complexity index is 375. The Morgan fingerprint density at radius 1 is 1.25 bits per heavy atom. The molecule has 2 N–H and O–H groups in total. The number of rotatable bonds is 1. The number of aryl methyl sites for hydroxylation is 1. The van der Waals surface area contributed by atoms with Crippen LogP contribution in [0.15, 0.2) is 0 Å². The largest absolute Gasteiger partial charge is 0.339 e. The molecule has 16 heavy (non-hydrogen) atoms. The summed E-state index contributed by atoms with van der Waals surface area (Å²) >= 11 is 0. The van der Waals surface area contributed by atoms with Gasteiger partial charge in [-0.2, -0.15) is 0 Å². The van der Waals surface area contributed by atoms with Gasteiger partial charge in [-0.05, 0) is 41.5 Å². The summed E-state index contributed by atoms with van der Waals surface area (Å²) in [4.78, 5) is 2.30. The fraction of sp³-hybridized carbons (Fsp3) is 0.900. The van der Waals surface area contributed by atoms with E-state index in [1.165, 1.54) is 12.8 Å². The molecule has 88 valence electrons. The maximum atomic E-state index is 6.02. The van der Waals surface area contributed by atoms with Gasteiger partial charge in [0, 0.05) is 26.2 Å². The van der Waals surface area contributed by atoms with Gasteiger partial charge in [-0.25, -0.2) is 4.68 Å². The van der Waals surface area contributed by atoms with Crippen LogP contribution in [0.1, 0.15) is 19.3 Å². The summed E-state index contributed by atoms with van der Waals surface area (Å²) in [6, 6.07) is 0.402. The average molecular weight is 222 g/mol. The van der Waals surface area contributed by atoms with Crippen LogP contribution in [0.3, 0.4) is 0 Å². The predicted octanol–water partition coefficient (Wildman–Crippen LogP) is -0.226. The second-order valence-electron chi connectivity index (χ2n) is 5.10. The molecule has 1 unspecified atom stereocenters. The molecule has 3 rings (SSSR count). The first kappa shape index (κ1) is 10.0. The number of nitrogens with two attached hydrogens (primary N) is 1. The Balaban J connectivity index is 1.75. The van der Waals surface area contributed by atoms with Crippen LogP contribution in [0, 0.1) is 11.8 Å². The van der Waals surface area contributed by atoms with E-state index in [-0.39, 0.29) is 0 Å². The molecule has 6 heteroatoms. The molecule has 1 aliphatic carbocycles. The fourth-order valence-corrected chi connectivity index (χ4v) is 3.12. The van der Waals surface area contributed by atoms with Crippen LogP contribution in [0.25, 0.3) is 0 Å². The molecule has 0 aromatic carbocycles. The second-order valence-corrected chi connectivity index (χ2v) is 5.10. The highest BCUT2D eigenvalue weighted by atomic mass is 15.6. The molecule has 0 radical (unpaired) electrons. The van der Waals surface area contributed by atoms with Gasteiger partial charge in [-0.15, -0.1) is 0 Å². The number of anilines is 1. The maximum absolute atomic E-state index is 6.02. The Morgan fingerprint density at radius 2 is 2.06 bits per heavy atom. The molecule has 2 fully saturated rings. The Morgan fingerprint density at radius 3 is 2.81 bits per heavy atom. The van der Waals surface area contributed by atoms with Crippen molar-refractivity contribution >= 4 is 5.95 Å². The van der Waals surface area contributed by atoms with Gasteiger partial charge in [0.1, 0.15) is 0 Å². The lowest BCUT2D eigenvalue weighted by atomic mass is 9.79. The highest BCUT2D eigenvalue weighted by Gasteiger charge is 2.38. The van der Waals surface area contributed by atoms with E-state index in [1.807, 2.05) is 7.05 Å². The van der Waals surface area contributed by atoms with Gasteiger partial charge in [-0.3, -0.25) is 0 Å². The van der Waals surface area contributed by atoms with Gasteiger partial charge in [0.2, 0.25) is 5.95 Å². The molecule has 3 atom stereocenters. The molecular weight excluding hydrogens is 204 g/mol. The first-order valence-corrected chi connectivity index (χ1v) is 5.97. The van der Waals surface area contributed by atoms with Crippen molar-refractivity contribution in [2.45, 2.75) is 25.3 Å². The zero-order valence-corrected chi connectivity index (χ0v) is 9.58. The van der Waals surface area contributed by atoms with Crippen LogP contribution < -0.4 is 10.6 Å². The number of nitrogens with zero attached hydrogens (tertiary/aromatic N) is 5. The van der Waals surface area contributed by atoms with Crippen LogP contribution in [0.5, 0.6) is 0 Å². The second kappa shape index (κ2) is 3.69. The van der Waals surface area contributed by atoms with Crippen molar-refractivity contribution in [3.8, 4) is 0 Å². The van der Waals surface area contributed by atoms with E-state index >= 15 is 0 Å². The zero-order valence-electron chi connectivity index (χ0n) is 9.58. The topological polar surface area (TPSA) is 72.9 Å². The third-order valence-electron chi connectivity index (χ3n) is 3.97. The molecule has 0 bridgehead atoms. The van der Waals surface area contributed by atoms with Crippen LogP contribution in [0.2, 0.25) is 0 Å². The molecule has 2 heterocycles. The highest BCUT2D eigenvalue weighted by molar-refractivity contribution is 5.30. The molecule has 1 saturated heterocycles. The molecule has 1 aromatic heterocycles. The van der Waals surface area contributed by atoms with Gasteiger partial charge >= 0.3 is 0 Å². The number of tetrazole rings is 1. The molecule has 0 spiro atoms. The molecule has 6 nitrogen and oxygen atoms in total. The molecule has 1 aliphatic heterocycles. The monoisotopic (exact) mass is 222 g/mol. The maximum Gasteiger partial charge on any atom is 0.245 e. The van der Waals surface area contributed by atoms with Crippen LogP contribution >= 0.6 is 0 Å². The first-order valence-electron chi connectivity index (χ1n) is 5.97. The van der Waals surface area contributed by atoms with E-state index in [1.54, 1.807) is 4.68 Å². The van der Waals surface area contributed by atoms with Gasteiger partial charge in [-0.1, -0.05) is 5.10 Å². The fourth-order valence-electron chi connectivity index (χ4n) is 3.12. The SMILES string of the molecule is Cn1nnnc1N1C[C@H]2CCC(N)C[C@H]2C1. The molecule has 0 amide bonds. The minimum atomic E-state index is 0.402. The molecule has 2 aliphatic rings. The van der Waals surface area contributed by atoms with Gasteiger partial charge in [0.15, 0.2) is 0 Å². The van der Waals surface area contributed by atoms with Gasteiger partial charge < -0.3 is 10.6 Å². The third-order valence-corrected chi connectivity index (χ3v) is 3.97. The van der Waals surface area contributed by atoms with Crippen LogP contribution in [-0.2, 0) is 7.05 Å². The number of fused-ring (bicyclic) bond motifs is 1. The van der Waals surface area contributed by atoms with Crippen molar-refractivity contribution in [3.63, 3.8) is 0 Å². The minimum Gasteiger partial charge on any atom is -0.339 e. The Kier molecular flexibility index (Phi) is 2.31. The zero-order chi connectivity index (χ0) is 11.1. The quantitative estimate of drug-likeness (QED) is 0.711. The van der Waals surface area contributed by atoms with Crippen molar-refractivity contribution in [3.05, 3.63) is 0 Å². The molecule has 1 aromatic rings. The van der Waals surface area contributed by atoms with Gasteiger partial charge in [0.25, 0.3) is 0 Å². The van der Waals surface area contributed by atoms with Crippen LogP contribution in [0.4, 0.5) is 5.95 Å². The average Bonchev–Trinajstić information content (AvgIpc) is 2.82. The van der Waals surface area contributed by atoms with Crippen LogP contribution in [-0.4, -0.2) is 39.3 Å². The van der Waals surface area contributed by atoms with Crippen molar-refractivity contribution in [2.75, 3.05) is 18.0 Å². The summed E-state index contributed by atoms with van der Waals surface area (Å²) < 4.78 is 1.75. The van der Waals surface area contributed by atoms with E-state index in [2.05, 4.69) is 20.4 Å². The summed E-state index contributed by atoms with van der Waals surface area (Å²) in [5.41, 5.74) is 6.02. The van der Waals surface area contributed by atoms with E-state index in [0.29, 0.717) is 6.04 Å². The Labute approximate surface area is 94.8 Å². The van der Waals surface area contributed by atoms with Crippen molar-refractivity contribution in [2.24, 2.45) is 24.6 Å². The lowest BCUT2D eigenvalue weighted by Gasteiger charge is -2.27. The first-order chi connectivity index (χ1) is 7.74. The molecular formula is C10H18N6. The smallest absolute Gasteiger partial charge is 0.245 e. The lowest BCUT2D eigenvalue weighted by Crippen LogP contribution is -2.32. The van der Waals surface area contributed by atoms with E-state index in [9.17, 15) is 0 Å². The van der Waals surface area contributed by atoms with Gasteiger partial charge in [0.05, 0.1) is 0 Å². The summed E-state index contributed by atoms with van der Waals surface area (Å²) in [5, 5.41) is 11.6. The Hall–Kier alpha value is -1.17. The van der Waals surface area contributed by atoms with Crippen molar-refractivity contribution < 1.29 is 0 Å². The van der Waals surface area contributed by atoms with E-state index < -0.39 is 0 Å². The van der Waals surface area contributed by atoms with E-state index in [0.717, 1.165) is 37.3 Å². The number of aromatic nitrogens is 4. The number of hydrogen-bond donors (Lipinski definition) is 1. The standard InChI is InChI=1S/C10H18N6/c1-15-10(12-13-14-15)16-5-7-2-3-9(11)4-8(7)6-16/h7-9H,2-6,11H2,1H3/t7-,8+,9?/m1/s1. The third kappa shape index (κ3) is 1.57. The van der Waals surface area contributed by atoms with E-state index in [4.69, 9.17) is 5.73 Å².